The number of benzene rings is 1. The summed E-state index contributed by atoms with van der Waals surface area (Å²) in [6, 6.07) is 8.92. The summed E-state index contributed by atoms with van der Waals surface area (Å²) in [4.78, 5) is 19.1. The second kappa shape index (κ2) is 4.96. The summed E-state index contributed by atoms with van der Waals surface area (Å²) >= 11 is 0. The SMILES string of the molecule is O=C(O)c1nc(NCc2ccon2)c2ccccc2n1. The lowest BCUT2D eigenvalue weighted by molar-refractivity contribution is 0.0684. The van der Waals surface area contributed by atoms with E-state index in [4.69, 9.17) is 9.63 Å². The van der Waals surface area contributed by atoms with E-state index >= 15 is 0 Å². The summed E-state index contributed by atoms with van der Waals surface area (Å²) in [5, 5.41) is 16.6. The Kier molecular flexibility index (Phi) is 3.00. The van der Waals surface area contributed by atoms with Crippen LogP contribution in [0.15, 0.2) is 41.1 Å². The van der Waals surface area contributed by atoms with Gasteiger partial charge in [0.15, 0.2) is 0 Å². The standard InChI is InChI=1S/C13H10N4O3/c18-13(19)12-15-10-4-2-1-3-9(10)11(16-12)14-7-8-5-6-20-17-8/h1-6H,7H2,(H,18,19)(H,14,15,16). The van der Waals surface area contributed by atoms with E-state index in [0.29, 0.717) is 23.6 Å². The van der Waals surface area contributed by atoms with E-state index in [9.17, 15) is 4.79 Å². The van der Waals surface area contributed by atoms with Gasteiger partial charge in [-0.1, -0.05) is 17.3 Å². The van der Waals surface area contributed by atoms with Crippen molar-refractivity contribution in [1.82, 2.24) is 15.1 Å². The molecule has 0 saturated carbocycles. The third-order valence-electron chi connectivity index (χ3n) is 2.72. The topological polar surface area (TPSA) is 101 Å². The Morgan fingerprint density at radius 1 is 1.25 bits per heavy atom. The lowest BCUT2D eigenvalue weighted by atomic mass is 10.2. The third-order valence-corrected chi connectivity index (χ3v) is 2.72. The van der Waals surface area contributed by atoms with E-state index in [1.54, 1.807) is 18.2 Å². The first-order chi connectivity index (χ1) is 9.74. The Hall–Kier alpha value is -2.96. The zero-order chi connectivity index (χ0) is 13.9. The number of para-hydroxylation sites is 1. The summed E-state index contributed by atoms with van der Waals surface area (Å²) in [5.74, 6) is -0.956. The fourth-order valence-electron chi connectivity index (χ4n) is 1.81. The molecule has 100 valence electrons. The van der Waals surface area contributed by atoms with Crippen molar-refractivity contribution in [2.24, 2.45) is 0 Å². The summed E-state index contributed by atoms with van der Waals surface area (Å²) in [6.45, 7) is 0.385. The number of hydrogen-bond donors (Lipinski definition) is 2. The molecular formula is C13H10N4O3. The maximum absolute atomic E-state index is 11.0. The molecule has 0 aliphatic rings. The predicted octanol–water partition coefficient (Wildman–Crippen LogP) is 1.93. The molecule has 20 heavy (non-hydrogen) atoms. The van der Waals surface area contributed by atoms with Gasteiger partial charge in [-0.15, -0.1) is 0 Å². The normalized spacial score (nSPS) is 10.6. The molecule has 7 nitrogen and oxygen atoms in total. The molecule has 2 heterocycles. The maximum atomic E-state index is 11.0. The Morgan fingerprint density at radius 3 is 2.85 bits per heavy atom. The third kappa shape index (κ3) is 2.28. The zero-order valence-corrected chi connectivity index (χ0v) is 10.3. The number of carbonyl (C=O) groups is 1. The van der Waals surface area contributed by atoms with Crippen LogP contribution in [0, 0.1) is 0 Å². The molecule has 0 unspecified atom stereocenters. The first-order valence-corrected chi connectivity index (χ1v) is 5.87. The van der Waals surface area contributed by atoms with Crippen molar-refractivity contribution < 1.29 is 14.4 Å². The quantitative estimate of drug-likeness (QED) is 0.746. The van der Waals surface area contributed by atoms with Gasteiger partial charge in [-0.2, -0.15) is 0 Å². The molecule has 0 spiro atoms. The van der Waals surface area contributed by atoms with E-state index in [1.165, 1.54) is 6.26 Å². The minimum absolute atomic E-state index is 0.244. The van der Waals surface area contributed by atoms with Crippen molar-refractivity contribution in [2.45, 2.75) is 6.54 Å². The number of hydrogen-bond acceptors (Lipinski definition) is 6. The van der Waals surface area contributed by atoms with Crippen LogP contribution in [-0.2, 0) is 6.54 Å². The molecule has 0 atom stereocenters. The summed E-state index contributed by atoms with van der Waals surface area (Å²) in [6.07, 6.45) is 1.47. The molecule has 2 N–H and O–H groups in total. The van der Waals surface area contributed by atoms with Crippen molar-refractivity contribution in [3.8, 4) is 0 Å². The number of aromatic nitrogens is 3. The van der Waals surface area contributed by atoms with Crippen molar-refractivity contribution >= 4 is 22.7 Å². The Labute approximate surface area is 113 Å². The fourth-order valence-corrected chi connectivity index (χ4v) is 1.81. The average molecular weight is 270 g/mol. The summed E-state index contributed by atoms with van der Waals surface area (Å²) < 4.78 is 4.74. The number of fused-ring (bicyclic) bond motifs is 1. The highest BCUT2D eigenvalue weighted by atomic mass is 16.5. The monoisotopic (exact) mass is 270 g/mol. The van der Waals surface area contributed by atoms with Gasteiger partial charge in [0.1, 0.15) is 17.8 Å². The Morgan fingerprint density at radius 2 is 2.10 bits per heavy atom. The molecule has 0 radical (unpaired) electrons. The highest BCUT2D eigenvalue weighted by molar-refractivity contribution is 5.93. The molecular weight excluding hydrogens is 260 g/mol. The van der Waals surface area contributed by atoms with Gasteiger partial charge in [-0.25, -0.2) is 14.8 Å². The van der Waals surface area contributed by atoms with Crippen molar-refractivity contribution in [1.29, 1.82) is 0 Å². The van der Waals surface area contributed by atoms with Gasteiger partial charge in [0.2, 0.25) is 5.82 Å². The fraction of sp³-hybridized carbons (Fsp3) is 0.0769. The van der Waals surface area contributed by atoms with E-state index in [1.807, 2.05) is 12.1 Å². The second-order valence-electron chi connectivity index (χ2n) is 4.06. The molecule has 0 aliphatic heterocycles. The highest BCUT2D eigenvalue weighted by Gasteiger charge is 2.12. The van der Waals surface area contributed by atoms with Gasteiger partial charge in [0, 0.05) is 11.5 Å². The van der Waals surface area contributed by atoms with E-state index in [-0.39, 0.29) is 5.82 Å². The Balaban J connectivity index is 2.00. The van der Waals surface area contributed by atoms with Crippen molar-refractivity contribution in [3.63, 3.8) is 0 Å². The molecule has 0 fully saturated rings. The van der Waals surface area contributed by atoms with Crippen LogP contribution in [0.5, 0.6) is 0 Å². The van der Waals surface area contributed by atoms with Crippen LogP contribution in [0.2, 0.25) is 0 Å². The van der Waals surface area contributed by atoms with Crippen LogP contribution in [0.1, 0.15) is 16.3 Å². The number of carboxylic acid groups (broad SMARTS) is 1. The summed E-state index contributed by atoms with van der Waals surface area (Å²) in [5.41, 5.74) is 1.27. The molecule has 7 heteroatoms. The van der Waals surface area contributed by atoms with Gasteiger partial charge < -0.3 is 14.9 Å². The van der Waals surface area contributed by atoms with Crippen LogP contribution >= 0.6 is 0 Å². The number of nitrogens with one attached hydrogen (secondary N) is 1. The first kappa shape index (κ1) is 12.1. The van der Waals surface area contributed by atoms with Gasteiger partial charge in [0.25, 0.3) is 0 Å². The molecule has 1 aromatic carbocycles. The Bertz CT molecular complexity index is 755. The number of carboxylic acids is 1. The van der Waals surface area contributed by atoms with Crippen LogP contribution in [0.3, 0.4) is 0 Å². The summed E-state index contributed by atoms with van der Waals surface area (Å²) in [7, 11) is 0. The smallest absolute Gasteiger partial charge is 0.374 e. The maximum Gasteiger partial charge on any atom is 0.374 e. The molecule has 0 bridgehead atoms. The van der Waals surface area contributed by atoms with E-state index in [0.717, 1.165) is 5.39 Å². The molecule has 0 amide bonds. The molecule has 3 rings (SSSR count). The lowest BCUT2D eigenvalue weighted by Crippen LogP contribution is -2.09. The van der Waals surface area contributed by atoms with Gasteiger partial charge in [0.05, 0.1) is 12.1 Å². The van der Waals surface area contributed by atoms with E-state index < -0.39 is 5.97 Å². The van der Waals surface area contributed by atoms with Gasteiger partial charge in [-0.05, 0) is 12.1 Å². The number of rotatable bonds is 4. The van der Waals surface area contributed by atoms with E-state index in [2.05, 4.69) is 20.4 Å². The largest absolute Gasteiger partial charge is 0.475 e. The first-order valence-electron chi connectivity index (χ1n) is 5.87. The zero-order valence-electron chi connectivity index (χ0n) is 10.3. The van der Waals surface area contributed by atoms with Crippen LogP contribution in [-0.4, -0.2) is 26.2 Å². The van der Waals surface area contributed by atoms with Crippen LogP contribution in [0.4, 0.5) is 5.82 Å². The van der Waals surface area contributed by atoms with Crippen molar-refractivity contribution in [2.75, 3.05) is 5.32 Å². The van der Waals surface area contributed by atoms with Gasteiger partial charge in [-0.3, -0.25) is 0 Å². The van der Waals surface area contributed by atoms with Crippen molar-refractivity contribution in [3.05, 3.63) is 48.1 Å². The highest BCUT2D eigenvalue weighted by Crippen LogP contribution is 2.20. The second-order valence-corrected chi connectivity index (χ2v) is 4.06. The average Bonchev–Trinajstić information content (AvgIpc) is 2.97. The van der Waals surface area contributed by atoms with Gasteiger partial charge >= 0.3 is 5.97 Å². The number of nitrogens with zero attached hydrogens (tertiary/aromatic N) is 3. The number of anilines is 1. The molecule has 0 saturated heterocycles. The number of aromatic carboxylic acids is 1. The molecule has 2 aromatic heterocycles. The van der Waals surface area contributed by atoms with Crippen LogP contribution in [0.25, 0.3) is 10.9 Å². The minimum atomic E-state index is -1.17. The van der Waals surface area contributed by atoms with Crippen LogP contribution < -0.4 is 5.32 Å². The molecule has 0 aliphatic carbocycles. The molecule has 3 aromatic rings. The predicted molar refractivity (Wildman–Crippen MR) is 70.3 cm³/mol. The lowest BCUT2D eigenvalue weighted by Gasteiger charge is -2.08. The minimum Gasteiger partial charge on any atom is -0.475 e.